The summed E-state index contributed by atoms with van der Waals surface area (Å²) in [5.41, 5.74) is 0. The quantitative estimate of drug-likeness (QED) is 0.630. The van der Waals surface area contributed by atoms with E-state index in [0.29, 0.717) is 39.2 Å². The van der Waals surface area contributed by atoms with Gasteiger partial charge in [0.1, 0.15) is 5.78 Å². The fourth-order valence-electron chi connectivity index (χ4n) is 2.29. The topological polar surface area (TPSA) is 75.7 Å². The second-order valence-corrected chi connectivity index (χ2v) is 7.02. The maximum Gasteiger partial charge on any atom is 0.211 e. The Labute approximate surface area is 115 Å². The van der Waals surface area contributed by atoms with Crippen molar-refractivity contribution in [2.24, 2.45) is 5.92 Å². The van der Waals surface area contributed by atoms with Gasteiger partial charge in [-0.1, -0.05) is 0 Å². The lowest BCUT2D eigenvalue weighted by molar-refractivity contribution is -0.119. The lowest BCUT2D eigenvalue weighted by Crippen LogP contribution is -2.40. The molecule has 1 unspecified atom stereocenters. The van der Waals surface area contributed by atoms with E-state index in [1.807, 2.05) is 0 Å². The van der Waals surface area contributed by atoms with E-state index in [0.717, 1.165) is 12.8 Å². The van der Waals surface area contributed by atoms with Gasteiger partial charge in [-0.05, 0) is 18.8 Å². The Morgan fingerprint density at radius 3 is 2.84 bits per heavy atom. The summed E-state index contributed by atoms with van der Waals surface area (Å²) in [4.78, 5) is 11.8. The van der Waals surface area contributed by atoms with Crippen LogP contribution in [0, 0.1) is 5.92 Å². The Morgan fingerprint density at radius 2 is 2.21 bits per heavy atom. The number of piperidine rings is 1. The summed E-state index contributed by atoms with van der Waals surface area (Å²) in [5.74, 6) is 0.289. The van der Waals surface area contributed by atoms with Crippen LogP contribution in [0.5, 0.6) is 0 Å². The van der Waals surface area contributed by atoms with Crippen LogP contribution in [0.3, 0.4) is 0 Å². The first-order valence-electron chi connectivity index (χ1n) is 6.60. The molecule has 1 atom stereocenters. The van der Waals surface area contributed by atoms with Crippen molar-refractivity contribution in [3.05, 3.63) is 0 Å². The zero-order chi connectivity index (χ0) is 14.3. The SMILES string of the molecule is COCCNCC(=O)CC1CCCN(S(C)(=O)=O)C1. The van der Waals surface area contributed by atoms with Gasteiger partial charge in [0.2, 0.25) is 10.0 Å². The first kappa shape index (κ1) is 16.6. The van der Waals surface area contributed by atoms with Gasteiger partial charge in [0, 0.05) is 33.2 Å². The molecule has 1 heterocycles. The van der Waals surface area contributed by atoms with Crippen LogP contribution in [0.4, 0.5) is 0 Å². The molecule has 0 bridgehead atoms. The molecule has 1 aliphatic heterocycles. The molecule has 7 heteroatoms. The number of nitrogens with zero attached hydrogens (tertiary/aromatic N) is 1. The summed E-state index contributed by atoms with van der Waals surface area (Å²) in [6.45, 7) is 2.62. The van der Waals surface area contributed by atoms with Crippen molar-refractivity contribution < 1.29 is 17.9 Å². The van der Waals surface area contributed by atoms with Crippen LogP contribution < -0.4 is 5.32 Å². The van der Waals surface area contributed by atoms with E-state index in [2.05, 4.69) is 5.32 Å². The van der Waals surface area contributed by atoms with Crippen LogP contribution in [0.25, 0.3) is 0 Å². The molecule has 112 valence electrons. The average Bonchev–Trinajstić information content (AvgIpc) is 2.34. The van der Waals surface area contributed by atoms with E-state index < -0.39 is 10.0 Å². The van der Waals surface area contributed by atoms with Crippen LogP contribution in [0.15, 0.2) is 0 Å². The minimum Gasteiger partial charge on any atom is -0.383 e. The van der Waals surface area contributed by atoms with E-state index in [4.69, 9.17) is 4.74 Å². The monoisotopic (exact) mass is 292 g/mol. The number of sulfonamides is 1. The number of methoxy groups -OCH3 is 1. The van der Waals surface area contributed by atoms with Crippen LogP contribution in [-0.2, 0) is 19.6 Å². The highest BCUT2D eigenvalue weighted by atomic mass is 32.2. The Morgan fingerprint density at radius 1 is 1.47 bits per heavy atom. The lowest BCUT2D eigenvalue weighted by Gasteiger charge is -2.30. The number of Topliss-reactive ketones (excluding diaryl/α,β-unsaturated/α-hetero) is 1. The molecule has 0 amide bonds. The van der Waals surface area contributed by atoms with Crippen LogP contribution >= 0.6 is 0 Å². The maximum absolute atomic E-state index is 11.8. The molecule has 1 aliphatic rings. The Hall–Kier alpha value is -0.500. The first-order chi connectivity index (χ1) is 8.93. The highest BCUT2D eigenvalue weighted by Crippen LogP contribution is 2.21. The number of carbonyl (C=O) groups is 1. The van der Waals surface area contributed by atoms with Gasteiger partial charge in [-0.15, -0.1) is 0 Å². The van der Waals surface area contributed by atoms with Gasteiger partial charge in [-0.2, -0.15) is 0 Å². The molecule has 1 N–H and O–H groups in total. The molecular weight excluding hydrogens is 268 g/mol. The summed E-state index contributed by atoms with van der Waals surface area (Å²) in [6.07, 6.45) is 3.44. The third-order valence-electron chi connectivity index (χ3n) is 3.27. The number of hydrogen-bond donors (Lipinski definition) is 1. The van der Waals surface area contributed by atoms with E-state index in [1.165, 1.54) is 10.6 Å². The van der Waals surface area contributed by atoms with Gasteiger partial charge in [0.15, 0.2) is 0 Å². The van der Waals surface area contributed by atoms with Crippen molar-refractivity contribution in [1.29, 1.82) is 0 Å². The molecule has 6 nitrogen and oxygen atoms in total. The third-order valence-corrected chi connectivity index (χ3v) is 4.54. The molecule has 1 fully saturated rings. The van der Waals surface area contributed by atoms with Crippen molar-refractivity contribution in [1.82, 2.24) is 9.62 Å². The second kappa shape index (κ2) is 7.94. The molecular formula is C12H24N2O4S. The highest BCUT2D eigenvalue weighted by molar-refractivity contribution is 7.88. The molecule has 0 saturated carbocycles. The predicted molar refractivity (Wildman–Crippen MR) is 73.5 cm³/mol. The summed E-state index contributed by atoms with van der Waals surface area (Å²) < 4.78 is 29.3. The van der Waals surface area contributed by atoms with Crippen molar-refractivity contribution in [2.75, 3.05) is 46.2 Å². The second-order valence-electron chi connectivity index (χ2n) is 5.04. The summed E-state index contributed by atoms with van der Waals surface area (Å²) in [6, 6.07) is 0. The highest BCUT2D eigenvalue weighted by Gasteiger charge is 2.26. The van der Waals surface area contributed by atoms with Crippen molar-refractivity contribution in [3.8, 4) is 0 Å². The van der Waals surface area contributed by atoms with Crippen molar-refractivity contribution in [2.45, 2.75) is 19.3 Å². The standard InChI is InChI=1S/C12H24N2O4S/c1-18-7-5-13-9-12(15)8-11-4-3-6-14(10-11)19(2,16)17/h11,13H,3-10H2,1-2H3. The smallest absolute Gasteiger partial charge is 0.211 e. The fraction of sp³-hybridized carbons (Fsp3) is 0.917. The summed E-state index contributed by atoms with van der Waals surface area (Å²) >= 11 is 0. The van der Waals surface area contributed by atoms with E-state index in [1.54, 1.807) is 7.11 Å². The zero-order valence-electron chi connectivity index (χ0n) is 11.7. The van der Waals surface area contributed by atoms with Gasteiger partial charge in [0.05, 0.1) is 19.4 Å². The van der Waals surface area contributed by atoms with Gasteiger partial charge in [-0.25, -0.2) is 12.7 Å². The Kier molecular flexibility index (Phi) is 6.92. The number of ketones is 1. The molecule has 1 saturated heterocycles. The van der Waals surface area contributed by atoms with Gasteiger partial charge in [-0.3, -0.25) is 4.79 Å². The molecule has 0 aliphatic carbocycles. The molecule has 0 radical (unpaired) electrons. The Bertz CT molecular complexity index is 383. The molecule has 19 heavy (non-hydrogen) atoms. The van der Waals surface area contributed by atoms with Gasteiger partial charge < -0.3 is 10.1 Å². The molecule has 0 aromatic carbocycles. The number of hydrogen-bond acceptors (Lipinski definition) is 5. The van der Waals surface area contributed by atoms with Crippen molar-refractivity contribution >= 4 is 15.8 Å². The lowest BCUT2D eigenvalue weighted by atomic mass is 9.94. The summed E-state index contributed by atoms with van der Waals surface area (Å²) in [5, 5.41) is 3.01. The number of ether oxygens (including phenoxy) is 1. The van der Waals surface area contributed by atoms with Crippen LogP contribution in [-0.4, -0.2) is 64.7 Å². The van der Waals surface area contributed by atoms with Gasteiger partial charge >= 0.3 is 0 Å². The zero-order valence-corrected chi connectivity index (χ0v) is 12.5. The Balaban J connectivity index is 2.30. The summed E-state index contributed by atoms with van der Waals surface area (Å²) in [7, 11) is -1.51. The molecule has 0 aromatic rings. The van der Waals surface area contributed by atoms with E-state index in [-0.39, 0.29) is 11.7 Å². The van der Waals surface area contributed by atoms with Crippen LogP contribution in [0.2, 0.25) is 0 Å². The number of nitrogens with one attached hydrogen (secondary N) is 1. The number of carbonyl (C=O) groups excluding carboxylic acids is 1. The van der Waals surface area contributed by atoms with Crippen molar-refractivity contribution in [3.63, 3.8) is 0 Å². The molecule has 0 spiro atoms. The molecule has 1 rings (SSSR count). The third kappa shape index (κ3) is 6.47. The minimum absolute atomic E-state index is 0.136. The van der Waals surface area contributed by atoms with E-state index >= 15 is 0 Å². The molecule has 0 aromatic heterocycles. The fourth-order valence-corrected chi connectivity index (χ4v) is 3.23. The first-order valence-corrected chi connectivity index (χ1v) is 8.44. The maximum atomic E-state index is 11.8. The minimum atomic E-state index is -3.13. The van der Waals surface area contributed by atoms with Gasteiger partial charge in [0.25, 0.3) is 0 Å². The average molecular weight is 292 g/mol. The normalized spacial score (nSPS) is 21.5. The largest absolute Gasteiger partial charge is 0.383 e. The predicted octanol–water partition coefficient (Wildman–Crippen LogP) is -0.147. The van der Waals surface area contributed by atoms with E-state index in [9.17, 15) is 13.2 Å². The number of rotatable bonds is 8. The van der Waals surface area contributed by atoms with Crippen LogP contribution in [0.1, 0.15) is 19.3 Å².